The predicted molar refractivity (Wildman–Crippen MR) is 86.6 cm³/mol. The van der Waals surface area contributed by atoms with Crippen molar-refractivity contribution in [2.75, 3.05) is 0 Å². The zero-order valence-corrected chi connectivity index (χ0v) is 13.1. The van der Waals surface area contributed by atoms with E-state index in [4.69, 9.17) is 4.74 Å². The molecule has 2 aromatic rings. The van der Waals surface area contributed by atoms with Crippen LogP contribution in [0.4, 0.5) is 0 Å². The van der Waals surface area contributed by atoms with Crippen molar-refractivity contribution in [3.8, 4) is 0 Å². The molecule has 1 unspecified atom stereocenters. The number of nitrogens with zero attached hydrogens (tertiary/aromatic N) is 1. The number of hydrogen-bond donors (Lipinski definition) is 4. The van der Waals surface area contributed by atoms with Crippen LogP contribution in [-0.4, -0.2) is 27.1 Å². The average Bonchev–Trinajstić information content (AvgIpc) is 2.51. The van der Waals surface area contributed by atoms with E-state index in [1.807, 2.05) is 12.1 Å². The summed E-state index contributed by atoms with van der Waals surface area (Å²) in [6.07, 6.45) is 1.27. The van der Waals surface area contributed by atoms with Crippen LogP contribution >= 0.6 is 15.9 Å². The number of aliphatic hydroxyl groups excluding tert-OH is 1. The van der Waals surface area contributed by atoms with Crippen LogP contribution in [0.1, 0.15) is 11.1 Å². The minimum Gasteiger partial charge on any atom is -0.442 e. The number of nitrogens with one attached hydrogen (secondary N) is 3. The van der Waals surface area contributed by atoms with E-state index in [1.54, 1.807) is 12.1 Å². The molecule has 0 amide bonds. The number of aromatic nitrogens is 2. The summed E-state index contributed by atoms with van der Waals surface area (Å²) >= 11 is 3.33. The summed E-state index contributed by atoms with van der Waals surface area (Å²) in [5, 5.41) is 14.1. The standard InChI is InChI=1S/C14H11BrN4O4/c15-9-3-1-7(2-4-9)11-13(21)23-10(18-19-11)5-8-6-16-14(22)17-12(8)20/h1-6,13,18,21H,(H2,16,17,20,22)/b10-5+. The molecule has 0 radical (unpaired) electrons. The summed E-state index contributed by atoms with van der Waals surface area (Å²) in [7, 11) is 0. The van der Waals surface area contributed by atoms with Crippen LogP contribution in [0.25, 0.3) is 6.08 Å². The van der Waals surface area contributed by atoms with Gasteiger partial charge in [0.05, 0.1) is 5.56 Å². The highest BCUT2D eigenvalue weighted by Crippen LogP contribution is 2.16. The van der Waals surface area contributed by atoms with E-state index in [0.29, 0.717) is 11.3 Å². The molecule has 118 valence electrons. The number of hydrogen-bond acceptors (Lipinski definition) is 6. The molecule has 8 nitrogen and oxygen atoms in total. The third-order valence-electron chi connectivity index (χ3n) is 3.03. The summed E-state index contributed by atoms with van der Waals surface area (Å²) in [6.45, 7) is 0. The monoisotopic (exact) mass is 378 g/mol. The van der Waals surface area contributed by atoms with Gasteiger partial charge in [-0.05, 0) is 12.1 Å². The predicted octanol–water partition coefficient (Wildman–Crippen LogP) is 0.467. The van der Waals surface area contributed by atoms with E-state index in [2.05, 4.69) is 36.4 Å². The third-order valence-corrected chi connectivity index (χ3v) is 3.56. The van der Waals surface area contributed by atoms with Crippen LogP contribution in [0.5, 0.6) is 0 Å². The van der Waals surface area contributed by atoms with Gasteiger partial charge in [0.1, 0.15) is 5.71 Å². The van der Waals surface area contributed by atoms with Crippen molar-refractivity contribution in [1.29, 1.82) is 0 Å². The number of rotatable bonds is 2. The quantitative estimate of drug-likeness (QED) is 0.605. The maximum Gasteiger partial charge on any atom is 0.325 e. The van der Waals surface area contributed by atoms with E-state index in [-0.39, 0.29) is 11.4 Å². The van der Waals surface area contributed by atoms with Crippen molar-refractivity contribution in [1.82, 2.24) is 15.4 Å². The van der Waals surface area contributed by atoms with E-state index in [1.165, 1.54) is 12.3 Å². The molecule has 1 aromatic carbocycles. The van der Waals surface area contributed by atoms with Crippen LogP contribution < -0.4 is 16.7 Å². The summed E-state index contributed by atoms with van der Waals surface area (Å²) in [5.41, 5.74) is 2.58. The minimum atomic E-state index is -1.29. The van der Waals surface area contributed by atoms with Crippen molar-refractivity contribution in [2.45, 2.75) is 6.29 Å². The second-order valence-electron chi connectivity index (χ2n) is 4.62. The van der Waals surface area contributed by atoms with Gasteiger partial charge in [0.15, 0.2) is 0 Å². The lowest BCUT2D eigenvalue weighted by atomic mass is 10.1. The Hall–Kier alpha value is -2.65. The number of aliphatic hydroxyl groups is 1. The van der Waals surface area contributed by atoms with Gasteiger partial charge < -0.3 is 14.8 Å². The second kappa shape index (κ2) is 6.23. The number of halogens is 1. The first kappa shape index (κ1) is 15.3. The van der Waals surface area contributed by atoms with Crippen molar-refractivity contribution < 1.29 is 9.84 Å². The molecule has 1 aliphatic rings. The first-order chi connectivity index (χ1) is 11.0. The van der Waals surface area contributed by atoms with Gasteiger partial charge in [-0.15, -0.1) is 0 Å². The molecule has 0 aliphatic carbocycles. The van der Waals surface area contributed by atoms with E-state index in [9.17, 15) is 14.7 Å². The molecule has 1 atom stereocenters. The molecule has 23 heavy (non-hydrogen) atoms. The van der Waals surface area contributed by atoms with Gasteiger partial charge in [-0.2, -0.15) is 5.10 Å². The molecule has 0 saturated carbocycles. The number of H-pyrrole nitrogens is 2. The topological polar surface area (TPSA) is 120 Å². The lowest BCUT2D eigenvalue weighted by molar-refractivity contribution is -0.0235. The Bertz CT molecular complexity index is 898. The van der Waals surface area contributed by atoms with Gasteiger partial charge in [0.25, 0.3) is 5.56 Å². The van der Waals surface area contributed by atoms with Crippen LogP contribution in [0.3, 0.4) is 0 Å². The Morgan fingerprint density at radius 1 is 1.26 bits per heavy atom. The van der Waals surface area contributed by atoms with E-state index in [0.717, 1.165) is 4.47 Å². The van der Waals surface area contributed by atoms with Gasteiger partial charge in [-0.3, -0.25) is 9.78 Å². The largest absolute Gasteiger partial charge is 0.442 e. The number of benzene rings is 1. The highest BCUT2D eigenvalue weighted by molar-refractivity contribution is 9.10. The molecule has 2 heterocycles. The summed E-state index contributed by atoms with van der Waals surface area (Å²) in [4.78, 5) is 27.0. The molecular formula is C14H11BrN4O4. The van der Waals surface area contributed by atoms with Crippen LogP contribution in [0, 0.1) is 0 Å². The first-order valence-corrected chi connectivity index (χ1v) is 7.30. The van der Waals surface area contributed by atoms with Crippen LogP contribution in [-0.2, 0) is 4.74 Å². The molecule has 0 fully saturated rings. The second-order valence-corrected chi connectivity index (χ2v) is 5.54. The maximum absolute atomic E-state index is 11.6. The normalized spacial score (nSPS) is 19.0. The van der Waals surface area contributed by atoms with Gasteiger partial charge in [-0.25, -0.2) is 10.2 Å². The Kier molecular flexibility index (Phi) is 4.13. The van der Waals surface area contributed by atoms with Gasteiger partial charge >= 0.3 is 5.69 Å². The molecule has 4 N–H and O–H groups in total. The lowest BCUT2D eigenvalue weighted by Crippen LogP contribution is -2.34. The highest BCUT2D eigenvalue weighted by atomic mass is 79.9. The zero-order valence-electron chi connectivity index (χ0n) is 11.5. The van der Waals surface area contributed by atoms with Crippen LogP contribution in [0.2, 0.25) is 0 Å². The molecule has 0 spiro atoms. The van der Waals surface area contributed by atoms with Crippen molar-refractivity contribution in [2.24, 2.45) is 5.10 Å². The molecule has 1 aliphatic heterocycles. The summed E-state index contributed by atoms with van der Waals surface area (Å²) in [5.74, 6) is 0.0795. The van der Waals surface area contributed by atoms with Crippen molar-refractivity contribution >= 4 is 27.7 Å². The number of aromatic amines is 2. The fourth-order valence-electron chi connectivity index (χ4n) is 1.94. The lowest BCUT2D eigenvalue weighted by Gasteiger charge is -2.22. The SMILES string of the molecule is O=c1[nH]cc(/C=C2\NN=C(c3ccc(Br)cc3)C(O)O2)c(=O)[nH]1. The fourth-order valence-corrected chi connectivity index (χ4v) is 2.20. The molecule has 3 rings (SSSR count). The Labute approximate surface area is 137 Å². The average molecular weight is 379 g/mol. The molecular weight excluding hydrogens is 368 g/mol. The van der Waals surface area contributed by atoms with Gasteiger partial charge in [0.2, 0.25) is 12.2 Å². The minimum absolute atomic E-state index is 0.0795. The number of ether oxygens (including phenoxy) is 1. The number of hydrazone groups is 1. The first-order valence-electron chi connectivity index (χ1n) is 6.51. The summed E-state index contributed by atoms with van der Waals surface area (Å²) in [6, 6.07) is 7.18. The summed E-state index contributed by atoms with van der Waals surface area (Å²) < 4.78 is 6.19. The fraction of sp³-hybridized carbons (Fsp3) is 0.0714. The molecule has 9 heteroatoms. The van der Waals surface area contributed by atoms with E-state index >= 15 is 0 Å². The van der Waals surface area contributed by atoms with Crippen molar-refractivity contribution in [3.63, 3.8) is 0 Å². The smallest absolute Gasteiger partial charge is 0.325 e. The third kappa shape index (κ3) is 3.41. The maximum atomic E-state index is 11.6. The Balaban J connectivity index is 1.87. The van der Waals surface area contributed by atoms with Gasteiger partial charge in [0, 0.05) is 22.3 Å². The molecule has 0 bridgehead atoms. The Morgan fingerprint density at radius 3 is 2.65 bits per heavy atom. The highest BCUT2D eigenvalue weighted by Gasteiger charge is 2.22. The molecule has 1 aromatic heterocycles. The van der Waals surface area contributed by atoms with E-state index < -0.39 is 17.5 Å². The Morgan fingerprint density at radius 2 is 2.00 bits per heavy atom. The van der Waals surface area contributed by atoms with Gasteiger partial charge in [-0.1, -0.05) is 28.1 Å². The molecule has 0 saturated heterocycles. The van der Waals surface area contributed by atoms with Crippen molar-refractivity contribution in [3.05, 3.63) is 72.8 Å². The van der Waals surface area contributed by atoms with Crippen LogP contribution in [0.15, 0.2) is 55.5 Å². The zero-order chi connectivity index (χ0) is 16.4.